The van der Waals surface area contributed by atoms with Gasteiger partial charge < -0.3 is 14.2 Å². The Labute approximate surface area is 394 Å². The average molecular weight is 901 g/mol. The maximum Gasteiger partial charge on any atom is 0.343 e. The van der Waals surface area contributed by atoms with Gasteiger partial charge in [-0.25, -0.2) is 14.4 Å². The molecule has 0 unspecified atom stereocenters. The summed E-state index contributed by atoms with van der Waals surface area (Å²) in [5.41, 5.74) is 3.36. The molecule has 10 aromatic rings. The zero-order valence-corrected chi connectivity index (χ0v) is 36.4. The lowest BCUT2D eigenvalue weighted by atomic mass is 10.0. The van der Waals surface area contributed by atoms with Gasteiger partial charge in [-0.05, 0) is 91.0 Å². The minimum atomic E-state index is -0.848. The molecule has 0 aliphatic rings. The molecule has 0 amide bonds. The van der Waals surface area contributed by atoms with Crippen LogP contribution in [0.2, 0.25) is 0 Å². The lowest BCUT2D eigenvalue weighted by Crippen LogP contribution is -2.17. The third kappa shape index (κ3) is 9.76. The first-order chi connectivity index (χ1) is 33.9. The van der Waals surface area contributed by atoms with Crippen molar-refractivity contribution in [3.8, 4) is 17.2 Å². The molecule has 0 spiro atoms. The van der Waals surface area contributed by atoms with Gasteiger partial charge >= 0.3 is 17.9 Å². The molecule has 12 heteroatoms. The molecule has 12 nitrogen and oxygen atoms in total. The van der Waals surface area contributed by atoms with E-state index in [1.54, 1.807) is 54.6 Å². The molecule has 10 aromatic carbocycles. The molecule has 0 radical (unpaired) electrons. The second-order valence-electron chi connectivity index (χ2n) is 15.5. The van der Waals surface area contributed by atoms with Crippen molar-refractivity contribution in [3.05, 3.63) is 235 Å². The quantitative estimate of drug-likeness (QED) is 0.0676. The van der Waals surface area contributed by atoms with Gasteiger partial charge in [0.15, 0.2) is 0 Å². The van der Waals surface area contributed by atoms with E-state index < -0.39 is 17.9 Å². The largest absolute Gasteiger partial charge is 0.422 e. The minimum Gasteiger partial charge on any atom is -0.422 e. The number of rotatable bonds is 12. The molecule has 0 aliphatic heterocycles. The SMILES string of the molecule is O=C(Oc1ccc(/N=N/c2ccccc2)c2ccccc12)c1cc(C(=O)Oc2ccc(/N=N/c3ccccc3)c3ccccc23)cc(C(=O)Oc2ccc(/N=N/c3ccccc3)c3ccccc23)c1. The normalized spacial score (nSPS) is 11.5. The van der Waals surface area contributed by atoms with Crippen molar-refractivity contribution >= 4 is 84.3 Å². The Morgan fingerprint density at radius 3 is 0.783 bits per heavy atom. The monoisotopic (exact) mass is 900 g/mol. The van der Waals surface area contributed by atoms with Gasteiger partial charge in [-0.2, -0.15) is 15.3 Å². The summed E-state index contributed by atoms with van der Waals surface area (Å²) < 4.78 is 18.1. The van der Waals surface area contributed by atoms with Crippen LogP contribution in [0.5, 0.6) is 17.2 Å². The van der Waals surface area contributed by atoms with Gasteiger partial charge in [0.05, 0.1) is 50.8 Å². The standard InChI is InChI=1S/C57H36N6O6/c64-55(67-52-31-28-49(43-22-10-13-25-46(43)52)61-58-40-16-4-1-5-17-40)37-34-38(56(65)68-53-32-29-50(44-23-11-14-26-47(44)53)62-59-41-18-6-2-7-19-41)36-39(35-37)57(66)69-54-33-30-51(45-24-12-15-27-48(45)54)63-60-42-20-8-3-9-21-42/h1-36H/b61-58+,62-59+,63-60+. The van der Waals surface area contributed by atoms with E-state index in [9.17, 15) is 14.4 Å². The summed E-state index contributed by atoms with van der Waals surface area (Å²) in [5.74, 6) is -1.88. The van der Waals surface area contributed by atoms with Crippen LogP contribution in [0.15, 0.2) is 249 Å². The number of benzene rings is 10. The van der Waals surface area contributed by atoms with Gasteiger partial charge in [0.25, 0.3) is 0 Å². The first kappa shape index (κ1) is 43.1. The smallest absolute Gasteiger partial charge is 0.343 e. The van der Waals surface area contributed by atoms with Crippen molar-refractivity contribution < 1.29 is 28.6 Å². The fourth-order valence-corrected chi connectivity index (χ4v) is 7.57. The predicted octanol–water partition coefficient (Wildman–Crippen LogP) is 16.0. The molecule has 0 aliphatic carbocycles. The maximum absolute atomic E-state index is 14.3. The first-order valence-electron chi connectivity index (χ1n) is 21.7. The molecule has 0 heterocycles. The Bertz CT molecular complexity index is 3260. The van der Waals surface area contributed by atoms with Crippen LogP contribution in [0.1, 0.15) is 31.1 Å². The molecule has 0 fully saturated rings. The zero-order chi connectivity index (χ0) is 46.9. The molecule has 330 valence electrons. The molecule has 0 atom stereocenters. The van der Waals surface area contributed by atoms with Gasteiger partial charge in [0, 0.05) is 32.3 Å². The highest BCUT2D eigenvalue weighted by molar-refractivity contribution is 6.06. The first-order valence-corrected chi connectivity index (χ1v) is 21.7. The molecule has 0 saturated carbocycles. The van der Waals surface area contributed by atoms with E-state index in [0.29, 0.717) is 66.4 Å². The Hall–Kier alpha value is -9.81. The minimum absolute atomic E-state index is 0.114. The summed E-state index contributed by atoms with van der Waals surface area (Å²) in [4.78, 5) is 42.8. The second kappa shape index (κ2) is 19.7. The lowest BCUT2D eigenvalue weighted by Gasteiger charge is -2.13. The molecule has 0 saturated heterocycles. The van der Waals surface area contributed by atoms with Crippen molar-refractivity contribution in [2.24, 2.45) is 30.7 Å². The van der Waals surface area contributed by atoms with Crippen LogP contribution in [0.25, 0.3) is 32.3 Å². The van der Waals surface area contributed by atoms with E-state index in [-0.39, 0.29) is 33.9 Å². The van der Waals surface area contributed by atoms with E-state index >= 15 is 0 Å². The van der Waals surface area contributed by atoms with Crippen LogP contribution in [-0.2, 0) is 0 Å². The molecule has 0 aromatic heterocycles. The van der Waals surface area contributed by atoms with Crippen molar-refractivity contribution in [1.82, 2.24) is 0 Å². The predicted molar refractivity (Wildman–Crippen MR) is 265 cm³/mol. The zero-order valence-electron chi connectivity index (χ0n) is 36.4. The van der Waals surface area contributed by atoms with Crippen LogP contribution in [-0.4, -0.2) is 17.9 Å². The number of esters is 3. The Balaban J connectivity index is 0.988. The van der Waals surface area contributed by atoms with Crippen molar-refractivity contribution in [3.63, 3.8) is 0 Å². The van der Waals surface area contributed by atoms with Gasteiger partial charge in [-0.15, -0.1) is 15.3 Å². The van der Waals surface area contributed by atoms with Gasteiger partial charge in [-0.1, -0.05) is 127 Å². The fourth-order valence-electron chi connectivity index (χ4n) is 7.57. The highest BCUT2D eigenvalue weighted by Gasteiger charge is 2.23. The summed E-state index contributed by atoms with van der Waals surface area (Å²) in [6.45, 7) is 0. The van der Waals surface area contributed by atoms with E-state index in [4.69, 9.17) is 14.2 Å². The van der Waals surface area contributed by atoms with Crippen molar-refractivity contribution in [2.45, 2.75) is 0 Å². The van der Waals surface area contributed by atoms with Crippen LogP contribution in [0.4, 0.5) is 34.1 Å². The molecular formula is C57H36N6O6. The summed E-state index contributed by atoms with van der Waals surface area (Å²) in [6, 6.07) is 63.8. The van der Waals surface area contributed by atoms with Crippen molar-refractivity contribution in [1.29, 1.82) is 0 Å². The van der Waals surface area contributed by atoms with E-state index in [0.717, 1.165) is 0 Å². The Morgan fingerprint density at radius 1 is 0.261 bits per heavy atom. The third-order valence-corrected chi connectivity index (χ3v) is 10.9. The number of azo groups is 3. The van der Waals surface area contributed by atoms with Crippen LogP contribution < -0.4 is 14.2 Å². The molecular weight excluding hydrogens is 865 g/mol. The molecule has 0 N–H and O–H groups in total. The van der Waals surface area contributed by atoms with Gasteiger partial charge in [0.2, 0.25) is 0 Å². The third-order valence-electron chi connectivity index (χ3n) is 10.9. The fraction of sp³-hybridized carbons (Fsp3) is 0. The van der Waals surface area contributed by atoms with Gasteiger partial charge in [-0.3, -0.25) is 0 Å². The summed E-state index contributed by atoms with van der Waals surface area (Å²) in [5, 5.41) is 30.3. The number of carbonyl (C=O) groups is 3. The number of fused-ring (bicyclic) bond motifs is 3. The molecule has 0 bridgehead atoms. The number of hydrogen-bond donors (Lipinski definition) is 0. The highest BCUT2D eigenvalue weighted by Crippen LogP contribution is 2.38. The van der Waals surface area contributed by atoms with E-state index in [1.165, 1.54) is 18.2 Å². The van der Waals surface area contributed by atoms with E-state index in [2.05, 4.69) is 30.7 Å². The summed E-state index contributed by atoms with van der Waals surface area (Å²) in [7, 11) is 0. The van der Waals surface area contributed by atoms with Gasteiger partial charge in [0.1, 0.15) is 17.2 Å². The number of carbonyl (C=O) groups excluding carboxylic acids is 3. The van der Waals surface area contributed by atoms with Crippen LogP contribution >= 0.6 is 0 Å². The maximum atomic E-state index is 14.3. The highest BCUT2D eigenvalue weighted by atomic mass is 16.5. The number of nitrogens with zero attached hydrogens (tertiary/aromatic N) is 6. The second-order valence-corrected chi connectivity index (χ2v) is 15.5. The topological polar surface area (TPSA) is 153 Å². The Morgan fingerprint density at radius 2 is 0.507 bits per heavy atom. The van der Waals surface area contributed by atoms with Crippen molar-refractivity contribution in [2.75, 3.05) is 0 Å². The number of ether oxygens (including phenoxy) is 3. The summed E-state index contributed by atoms with van der Waals surface area (Å²) >= 11 is 0. The molecule has 10 rings (SSSR count). The van der Waals surface area contributed by atoms with Crippen LogP contribution in [0.3, 0.4) is 0 Å². The number of hydrogen-bond acceptors (Lipinski definition) is 12. The lowest BCUT2D eigenvalue weighted by molar-refractivity contribution is 0.0737. The van der Waals surface area contributed by atoms with E-state index in [1.807, 2.05) is 146 Å². The van der Waals surface area contributed by atoms with Crippen LogP contribution in [0, 0.1) is 0 Å². The average Bonchev–Trinajstić information content (AvgIpc) is 3.41. The summed E-state index contributed by atoms with van der Waals surface area (Å²) in [6.07, 6.45) is 0. The molecule has 69 heavy (non-hydrogen) atoms. The Kier molecular flexibility index (Phi) is 12.3.